The first-order valence-electron chi connectivity index (χ1n) is 8.63. The summed E-state index contributed by atoms with van der Waals surface area (Å²) in [7, 11) is 0. The molecule has 3 aliphatic rings. The van der Waals surface area contributed by atoms with Gasteiger partial charge in [0.15, 0.2) is 0 Å². The van der Waals surface area contributed by atoms with Gasteiger partial charge < -0.3 is 10.1 Å². The molecular weight excluding hydrogens is 250 g/mol. The molecule has 0 amide bonds. The van der Waals surface area contributed by atoms with E-state index in [2.05, 4.69) is 22.0 Å². The number of nitrogens with one attached hydrogen (secondary N) is 1. The molecule has 0 saturated carbocycles. The van der Waals surface area contributed by atoms with Crippen molar-refractivity contribution in [2.45, 2.75) is 57.2 Å². The minimum absolute atomic E-state index is 0.470. The van der Waals surface area contributed by atoms with Gasteiger partial charge in [0.1, 0.15) is 0 Å². The third-order valence-corrected chi connectivity index (χ3v) is 5.31. The normalized spacial score (nSPS) is 34.0. The largest absolute Gasteiger partial charge is 0.377 e. The Kier molecular flexibility index (Phi) is 5.32. The molecule has 0 aromatic rings. The van der Waals surface area contributed by atoms with Crippen molar-refractivity contribution in [1.29, 1.82) is 0 Å². The van der Waals surface area contributed by atoms with Crippen molar-refractivity contribution in [1.82, 2.24) is 15.1 Å². The minimum atomic E-state index is 0.470. The van der Waals surface area contributed by atoms with Crippen molar-refractivity contribution in [3.63, 3.8) is 0 Å². The number of rotatable bonds is 6. The van der Waals surface area contributed by atoms with Gasteiger partial charge in [-0.1, -0.05) is 0 Å². The molecule has 3 saturated heterocycles. The summed E-state index contributed by atoms with van der Waals surface area (Å²) in [4.78, 5) is 5.39. The van der Waals surface area contributed by atoms with Gasteiger partial charge in [-0.2, -0.15) is 0 Å². The van der Waals surface area contributed by atoms with E-state index < -0.39 is 0 Å². The van der Waals surface area contributed by atoms with Gasteiger partial charge in [0.2, 0.25) is 0 Å². The zero-order chi connectivity index (χ0) is 13.8. The van der Waals surface area contributed by atoms with Crippen LogP contribution in [0.2, 0.25) is 0 Å². The highest BCUT2D eigenvalue weighted by Gasteiger charge is 2.31. The predicted molar refractivity (Wildman–Crippen MR) is 82.1 cm³/mol. The van der Waals surface area contributed by atoms with Crippen molar-refractivity contribution in [3.05, 3.63) is 0 Å². The van der Waals surface area contributed by atoms with Crippen molar-refractivity contribution in [2.24, 2.45) is 0 Å². The molecule has 116 valence electrons. The third-order valence-electron chi connectivity index (χ3n) is 5.31. The first kappa shape index (κ1) is 14.8. The molecular formula is C16H31N3O. The molecule has 0 aromatic carbocycles. The topological polar surface area (TPSA) is 27.7 Å². The van der Waals surface area contributed by atoms with E-state index in [-0.39, 0.29) is 0 Å². The quantitative estimate of drug-likeness (QED) is 0.794. The lowest BCUT2D eigenvalue weighted by atomic mass is 10.2. The van der Waals surface area contributed by atoms with Crippen LogP contribution in [0.1, 0.15) is 39.0 Å². The minimum Gasteiger partial charge on any atom is -0.377 e. The van der Waals surface area contributed by atoms with Crippen molar-refractivity contribution >= 4 is 0 Å². The second kappa shape index (κ2) is 7.21. The second-order valence-electron chi connectivity index (χ2n) is 6.82. The summed E-state index contributed by atoms with van der Waals surface area (Å²) in [6, 6.07) is 1.49. The monoisotopic (exact) mass is 281 g/mol. The molecule has 3 rings (SSSR count). The fourth-order valence-corrected chi connectivity index (χ4v) is 3.96. The van der Waals surface area contributed by atoms with Crippen molar-refractivity contribution in [2.75, 3.05) is 45.9 Å². The van der Waals surface area contributed by atoms with Crippen LogP contribution in [0.4, 0.5) is 0 Å². The molecule has 1 N–H and O–H groups in total. The van der Waals surface area contributed by atoms with E-state index in [9.17, 15) is 0 Å². The second-order valence-corrected chi connectivity index (χ2v) is 6.82. The maximum atomic E-state index is 5.66. The van der Waals surface area contributed by atoms with E-state index >= 15 is 0 Å². The lowest BCUT2D eigenvalue weighted by Gasteiger charge is -2.27. The highest BCUT2D eigenvalue weighted by molar-refractivity contribution is 4.88. The molecule has 0 spiro atoms. The van der Waals surface area contributed by atoms with E-state index in [0.29, 0.717) is 12.1 Å². The van der Waals surface area contributed by atoms with Crippen molar-refractivity contribution < 1.29 is 4.74 Å². The summed E-state index contributed by atoms with van der Waals surface area (Å²) in [6.07, 6.45) is 7.14. The number of hydrogen-bond acceptors (Lipinski definition) is 4. The Balaban J connectivity index is 1.34. The van der Waals surface area contributed by atoms with Crippen LogP contribution in [-0.4, -0.2) is 73.9 Å². The highest BCUT2D eigenvalue weighted by Crippen LogP contribution is 2.21. The molecule has 3 fully saturated rings. The molecule has 0 radical (unpaired) electrons. The van der Waals surface area contributed by atoms with Crippen LogP contribution in [0.5, 0.6) is 0 Å². The Morgan fingerprint density at radius 2 is 2.00 bits per heavy atom. The van der Waals surface area contributed by atoms with Gasteiger partial charge in [0.05, 0.1) is 6.10 Å². The lowest BCUT2D eigenvalue weighted by molar-refractivity contribution is 0.107. The van der Waals surface area contributed by atoms with Crippen LogP contribution in [0.3, 0.4) is 0 Å². The van der Waals surface area contributed by atoms with E-state index in [0.717, 1.165) is 25.7 Å². The molecule has 0 aromatic heterocycles. The van der Waals surface area contributed by atoms with Crippen LogP contribution in [0, 0.1) is 0 Å². The van der Waals surface area contributed by atoms with Gasteiger partial charge in [0.25, 0.3) is 0 Å². The first-order valence-corrected chi connectivity index (χ1v) is 8.63. The van der Waals surface area contributed by atoms with Gasteiger partial charge >= 0.3 is 0 Å². The molecule has 0 bridgehead atoms. The lowest BCUT2D eigenvalue weighted by Crippen LogP contribution is -2.43. The van der Waals surface area contributed by atoms with Crippen molar-refractivity contribution in [3.8, 4) is 0 Å². The fourth-order valence-electron chi connectivity index (χ4n) is 3.96. The zero-order valence-corrected chi connectivity index (χ0v) is 13.0. The van der Waals surface area contributed by atoms with Crippen LogP contribution in [-0.2, 0) is 4.74 Å². The summed E-state index contributed by atoms with van der Waals surface area (Å²) in [5, 5.41) is 3.61. The standard InChI is InChI=1S/C16H31N3O/c1-14(11-17-12-16-5-4-10-20-16)19-9-6-15(13-19)18-7-2-3-8-18/h14-17H,2-13H2,1H3. The molecule has 4 nitrogen and oxygen atoms in total. The first-order chi connectivity index (χ1) is 9.83. The zero-order valence-electron chi connectivity index (χ0n) is 13.0. The maximum Gasteiger partial charge on any atom is 0.0700 e. The third kappa shape index (κ3) is 3.73. The molecule has 20 heavy (non-hydrogen) atoms. The summed E-state index contributed by atoms with van der Waals surface area (Å²) >= 11 is 0. The number of nitrogens with zero attached hydrogens (tertiary/aromatic N) is 2. The van der Waals surface area contributed by atoms with E-state index in [1.807, 2.05) is 0 Å². The summed E-state index contributed by atoms with van der Waals surface area (Å²) in [5.74, 6) is 0. The van der Waals surface area contributed by atoms with Crippen LogP contribution >= 0.6 is 0 Å². The van der Waals surface area contributed by atoms with E-state index in [1.54, 1.807) is 0 Å². The summed E-state index contributed by atoms with van der Waals surface area (Å²) in [5.41, 5.74) is 0. The fraction of sp³-hybridized carbons (Fsp3) is 1.00. The molecule has 3 heterocycles. The van der Waals surface area contributed by atoms with Gasteiger partial charge in [-0.25, -0.2) is 0 Å². The molecule has 3 atom stereocenters. The Labute approximate surface area is 123 Å². The van der Waals surface area contributed by atoms with E-state index in [4.69, 9.17) is 4.74 Å². The smallest absolute Gasteiger partial charge is 0.0700 e. The predicted octanol–water partition coefficient (Wildman–Crippen LogP) is 1.31. The molecule has 4 heteroatoms. The summed E-state index contributed by atoms with van der Waals surface area (Å²) in [6.45, 7) is 10.7. The Bertz CT molecular complexity index is 287. The van der Waals surface area contributed by atoms with Crippen LogP contribution in [0.15, 0.2) is 0 Å². The molecule has 3 unspecified atom stereocenters. The van der Waals surface area contributed by atoms with Gasteiger partial charge in [-0.3, -0.25) is 9.80 Å². The Morgan fingerprint density at radius 1 is 1.15 bits per heavy atom. The Morgan fingerprint density at radius 3 is 2.75 bits per heavy atom. The maximum absolute atomic E-state index is 5.66. The highest BCUT2D eigenvalue weighted by atomic mass is 16.5. The van der Waals surface area contributed by atoms with Gasteiger partial charge in [-0.05, 0) is 52.1 Å². The van der Waals surface area contributed by atoms with E-state index in [1.165, 1.54) is 58.3 Å². The average Bonchev–Trinajstić information content (AvgIpc) is 3.20. The van der Waals surface area contributed by atoms with Crippen LogP contribution in [0.25, 0.3) is 0 Å². The van der Waals surface area contributed by atoms with Gasteiger partial charge in [0, 0.05) is 44.9 Å². The average molecular weight is 281 g/mol. The molecule has 3 aliphatic heterocycles. The van der Waals surface area contributed by atoms with Crippen LogP contribution < -0.4 is 5.32 Å². The Hall–Kier alpha value is -0.160. The molecule has 0 aliphatic carbocycles. The number of likely N-dealkylation sites (tertiary alicyclic amines) is 2. The summed E-state index contributed by atoms with van der Waals surface area (Å²) < 4.78 is 5.66. The van der Waals surface area contributed by atoms with Gasteiger partial charge in [-0.15, -0.1) is 0 Å². The number of hydrogen-bond donors (Lipinski definition) is 1. The SMILES string of the molecule is CC(CNCC1CCCO1)N1CCC(N2CCCC2)C1. The number of ether oxygens (including phenoxy) is 1.